The minimum atomic E-state index is -3.80. The van der Waals surface area contributed by atoms with E-state index in [9.17, 15) is 18.0 Å². The molecule has 0 aliphatic rings. The van der Waals surface area contributed by atoms with Crippen LogP contribution in [0, 0.1) is 6.92 Å². The number of nitrogens with two attached hydrogens (primary N) is 1. The molecule has 0 spiro atoms. The van der Waals surface area contributed by atoms with Gasteiger partial charge in [0, 0.05) is 11.1 Å². The molecule has 0 fully saturated rings. The number of amides is 1. The van der Waals surface area contributed by atoms with Crippen molar-refractivity contribution in [1.29, 1.82) is 0 Å². The van der Waals surface area contributed by atoms with Crippen molar-refractivity contribution < 1.29 is 17.6 Å². The molecule has 1 heterocycles. The minimum Gasteiger partial charge on any atom is -0.455 e. The molecule has 0 bridgehead atoms. The van der Waals surface area contributed by atoms with E-state index >= 15 is 0 Å². The summed E-state index contributed by atoms with van der Waals surface area (Å²) in [5.41, 5.74) is 2.15. The molecule has 8 heteroatoms. The average Bonchev–Trinajstić information content (AvgIpc) is 2.81. The Balaban J connectivity index is 1.71. The zero-order chi connectivity index (χ0) is 23.8. The van der Waals surface area contributed by atoms with E-state index < -0.39 is 22.0 Å². The van der Waals surface area contributed by atoms with Crippen molar-refractivity contribution in [3.05, 3.63) is 99.7 Å². The lowest BCUT2D eigenvalue weighted by atomic mass is 10.0. The zero-order valence-electron chi connectivity index (χ0n) is 18.0. The molecule has 1 amide bonds. The van der Waals surface area contributed by atoms with Gasteiger partial charge >= 0.3 is 0 Å². The predicted octanol–water partition coefficient (Wildman–Crippen LogP) is 3.91. The first-order chi connectivity index (χ1) is 15.7. The first kappa shape index (κ1) is 22.4. The van der Waals surface area contributed by atoms with E-state index in [1.54, 1.807) is 44.2 Å². The second kappa shape index (κ2) is 8.65. The summed E-state index contributed by atoms with van der Waals surface area (Å²) < 4.78 is 29.0. The van der Waals surface area contributed by atoms with Gasteiger partial charge in [-0.15, -0.1) is 0 Å². The molecule has 0 saturated carbocycles. The second-order valence-corrected chi connectivity index (χ2v) is 9.30. The molecule has 3 aromatic carbocycles. The standard InChI is InChI=1S/C25H22N2O5S/c1-15-22(28)20-9-6-10-21(24(20)32-23(15)18-7-4-3-5-8-18)25(29)27-16(2)17-11-13-19(14-12-17)33(26,30)31/h3-14,16H,1-2H3,(H,27,29)(H2,26,30,31). The maximum Gasteiger partial charge on any atom is 0.255 e. The molecular weight excluding hydrogens is 440 g/mol. The molecule has 4 rings (SSSR count). The third-order valence-corrected chi connectivity index (χ3v) is 6.41. The molecule has 0 aliphatic carbocycles. The summed E-state index contributed by atoms with van der Waals surface area (Å²) in [7, 11) is -3.80. The number of hydrogen-bond acceptors (Lipinski definition) is 5. The lowest BCUT2D eigenvalue weighted by Crippen LogP contribution is -2.27. The first-order valence-electron chi connectivity index (χ1n) is 10.2. The van der Waals surface area contributed by atoms with Crippen LogP contribution < -0.4 is 15.9 Å². The van der Waals surface area contributed by atoms with Crippen LogP contribution in [-0.2, 0) is 10.0 Å². The Kier molecular flexibility index (Phi) is 5.88. The van der Waals surface area contributed by atoms with Gasteiger partial charge in [-0.25, -0.2) is 13.6 Å². The number of benzene rings is 3. The highest BCUT2D eigenvalue weighted by molar-refractivity contribution is 7.89. The van der Waals surface area contributed by atoms with Crippen LogP contribution in [0.1, 0.15) is 34.5 Å². The van der Waals surface area contributed by atoms with Gasteiger partial charge in [-0.1, -0.05) is 48.5 Å². The van der Waals surface area contributed by atoms with Crippen LogP contribution in [-0.4, -0.2) is 14.3 Å². The summed E-state index contributed by atoms with van der Waals surface area (Å²) in [6, 6.07) is 19.6. The van der Waals surface area contributed by atoms with E-state index in [0.29, 0.717) is 22.3 Å². The summed E-state index contributed by atoms with van der Waals surface area (Å²) in [6.07, 6.45) is 0. The van der Waals surface area contributed by atoms with Crippen LogP contribution in [0.3, 0.4) is 0 Å². The second-order valence-electron chi connectivity index (χ2n) is 7.74. The maximum absolute atomic E-state index is 13.1. The highest BCUT2D eigenvalue weighted by atomic mass is 32.2. The predicted molar refractivity (Wildman–Crippen MR) is 126 cm³/mol. The fourth-order valence-corrected chi connectivity index (χ4v) is 4.17. The Morgan fingerprint density at radius 3 is 2.27 bits per heavy atom. The summed E-state index contributed by atoms with van der Waals surface area (Å²) in [5.74, 6) is -0.00498. The molecule has 168 valence electrons. The Bertz CT molecular complexity index is 1510. The number of primary sulfonamides is 1. The van der Waals surface area contributed by atoms with Crippen LogP contribution >= 0.6 is 0 Å². The molecule has 4 aromatic rings. The van der Waals surface area contributed by atoms with Gasteiger partial charge in [-0.3, -0.25) is 9.59 Å². The van der Waals surface area contributed by atoms with Gasteiger partial charge in [0.1, 0.15) is 5.76 Å². The molecule has 1 unspecified atom stereocenters. The van der Waals surface area contributed by atoms with Crippen LogP contribution in [0.5, 0.6) is 0 Å². The molecule has 1 atom stereocenters. The number of carbonyl (C=O) groups excluding carboxylic acids is 1. The molecule has 7 nitrogen and oxygen atoms in total. The average molecular weight is 463 g/mol. The fourth-order valence-electron chi connectivity index (χ4n) is 3.66. The van der Waals surface area contributed by atoms with E-state index in [-0.39, 0.29) is 21.5 Å². The number of nitrogens with one attached hydrogen (secondary N) is 1. The van der Waals surface area contributed by atoms with Crippen molar-refractivity contribution in [2.45, 2.75) is 24.8 Å². The third kappa shape index (κ3) is 4.44. The number of sulfonamides is 1. The summed E-state index contributed by atoms with van der Waals surface area (Å²) >= 11 is 0. The summed E-state index contributed by atoms with van der Waals surface area (Å²) in [4.78, 5) is 26.1. The highest BCUT2D eigenvalue weighted by Crippen LogP contribution is 2.27. The van der Waals surface area contributed by atoms with E-state index in [0.717, 1.165) is 5.56 Å². The van der Waals surface area contributed by atoms with Gasteiger partial charge in [-0.05, 0) is 43.7 Å². The zero-order valence-corrected chi connectivity index (χ0v) is 18.8. The van der Waals surface area contributed by atoms with Crippen molar-refractivity contribution in [2.75, 3.05) is 0 Å². The van der Waals surface area contributed by atoms with E-state index in [1.807, 2.05) is 30.3 Å². The van der Waals surface area contributed by atoms with Gasteiger partial charge in [-0.2, -0.15) is 0 Å². The number of fused-ring (bicyclic) bond motifs is 1. The maximum atomic E-state index is 13.1. The monoisotopic (exact) mass is 462 g/mol. The van der Waals surface area contributed by atoms with Crippen LogP contribution in [0.2, 0.25) is 0 Å². The normalized spacial score (nSPS) is 12.5. The number of hydrogen-bond donors (Lipinski definition) is 2. The van der Waals surface area contributed by atoms with Crippen molar-refractivity contribution in [2.24, 2.45) is 5.14 Å². The summed E-state index contributed by atoms with van der Waals surface area (Å²) in [5, 5.41) is 8.33. The van der Waals surface area contributed by atoms with Crippen LogP contribution in [0.25, 0.3) is 22.3 Å². The molecule has 1 aromatic heterocycles. The number of rotatable bonds is 5. The molecule has 0 radical (unpaired) electrons. The molecule has 0 saturated heterocycles. The van der Waals surface area contributed by atoms with E-state index in [1.165, 1.54) is 12.1 Å². The van der Waals surface area contributed by atoms with E-state index in [2.05, 4.69) is 5.32 Å². The van der Waals surface area contributed by atoms with Crippen molar-refractivity contribution in [3.63, 3.8) is 0 Å². The first-order valence-corrected chi connectivity index (χ1v) is 11.8. The quantitative estimate of drug-likeness (QED) is 0.466. The highest BCUT2D eigenvalue weighted by Gasteiger charge is 2.20. The molecule has 33 heavy (non-hydrogen) atoms. The van der Waals surface area contributed by atoms with Gasteiger partial charge in [0.15, 0.2) is 11.0 Å². The van der Waals surface area contributed by atoms with Gasteiger partial charge in [0.05, 0.1) is 21.9 Å². The Labute approximate surface area is 190 Å². The lowest BCUT2D eigenvalue weighted by Gasteiger charge is -2.16. The van der Waals surface area contributed by atoms with Crippen LogP contribution in [0.15, 0.2) is 86.9 Å². The SMILES string of the molecule is Cc1c(-c2ccccc2)oc2c(C(=O)NC(C)c3ccc(S(N)(=O)=O)cc3)cccc2c1=O. The lowest BCUT2D eigenvalue weighted by molar-refractivity contribution is 0.0940. The topological polar surface area (TPSA) is 119 Å². The summed E-state index contributed by atoms with van der Waals surface area (Å²) in [6.45, 7) is 3.47. The van der Waals surface area contributed by atoms with Crippen LogP contribution in [0.4, 0.5) is 0 Å². The van der Waals surface area contributed by atoms with Gasteiger partial charge in [0.2, 0.25) is 10.0 Å². The van der Waals surface area contributed by atoms with Crippen molar-refractivity contribution in [3.8, 4) is 11.3 Å². The van der Waals surface area contributed by atoms with Gasteiger partial charge < -0.3 is 9.73 Å². The third-order valence-electron chi connectivity index (χ3n) is 5.48. The molecule has 0 aliphatic heterocycles. The Hall–Kier alpha value is -3.75. The molecule has 3 N–H and O–H groups in total. The van der Waals surface area contributed by atoms with Crippen molar-refractivity contribution >= 4 is 26.9 Å². The largest absolute Gasteiger partial charge is 0.455 e. The Morgan fingerprint density at radius 1 is 0.970 bits per heavy atom. The van der Waals surface area contributed by atoms with Crippen molar-refractivity contribution in [1.82, 2.24) is 5.32 Å². The van der Waals surface area contributed by atoms with E-state index in [4.69, 9.17) is 9.56 Å². The molecular formula is C25H22N2O5S. The fraction of sp³-hybridized carbons (Fsp3) is 0.120. The minimum absolute atomic E-state index is 0.00980. The Morgan fingerprint density at radius 2 is 1.64 bits per heavy atom. The van der Waals surface area contributed by atoms with Gasteiger partial charge in [0.25, 0.3) is 5.91 Å². The number of carbonyl (C=O) groups is 1. The smallest absolute Gasteiger partial charge is 0.255 e. The number of para-hydroxylation sites is 1.